The molecule has 0 heterocycles. The Labute approximate surface area is 154 Å². The number of carbonyl (C=O) groups is 1. The maximum absolute atomic E-state index is 12.1. The van der Waals surface area contributed by atoms with Gasteiger partial charge in [0, 0.05) is 22.6 Å². The number of Topliss-reactive ketones (excluding diaryl/α,β-unsaturated/α-hetero) is 1. The van der Waals surface area contributed by atoms with Gasteiger partial charge in [-0.25, -0.2) is 0 Å². The highest BCUT2D eigenvalue weighted by atomic mass is 35.5. The summed E-state index contributed by atoms with van der Waals surface area (Å²) in [6.45, 7) is 7.79. The number of benzene rings is 2. The smallest absolute Gasteiger partial charge is 0.162 e. The molecule has 1 N–H and O–H groups in total. The highest BCUT2D eigenvalue weighted by Gasteiger charge is 2.09. The lowest BCUT2D eigenvalue weighted by Crippen LogP contribution is -2.00. The molecular formula is C22H23ClO2. The normalized spacial score (nSPS) is 11.3. The van der Waals surface area contributed by atoms with E-state index in [1.165, 1.54) is 6.07 Å². The van der Waals surface area contributed by atoms with Gasteiger partial charge in [-0.05, 0) is 61.7 Å². The second-order valence-electron chi connectivity index (χ2n) is 6.26. The third-order valence-electron chi connectivity index (χ3n) is 4.13. The molecule has 2 nitrogen and oxygen atoms in total. The highest BCUT2D eigenvalue weighted by Crippen LogP contribution is 2.32. The average Bonchev–Trinajstić information content (AvgIpc) is 2.58. The number of phenols is 1. The van der Waals surface area contributed by atoms with Gasteiger partial charge in [0.15, 0.2) is 5.78 Å². The molecule has 0 spiro atoms. The number of halogens is 1. The molecule has 0 aliphatic rings. The van der Waals surface area contributed by atoms with Crippen molar-refractivity contribution in [3.8, 4) is 16.9 Å². The molecule has 0 aliphatic carbocycles. The molecule has 3 heteroatoms. The molecule has 0 aliphatic heterocycles. The summed E-state index contributed by atoms with van der Waals surface area (Å²) >= 11 is 5.88. The first-order valence-electron chi connectivity index (χ1n) is 8.31. The number of ketones is 1. The van der Waals surface area contributed by atoms with Gasteiger partial charge in [0.2, 0.25) is 0 Å². The average molecular weight is 355 g/mol. The number of hydrogen-bond donors (Lipinski definition) is 1. The predicted molar refractivity (Wildman–Crippen MR) is 106 cm³/mol. The van der Waals surface area contributed by atoms with Crippen molar-refractivity contribution < 1.29 is 9.90 Å². The lowest BCUT2D eigenvalue weighted by Gasteiger charge is -2.09. The Bertz CT molecular complexity index is 839. The minimum absolute atomic E-state index is 0.155. The molecule has 0 fully saturated rings. The quantitative estimate of drug-likeness (QED) is 0.496. The lowest BCUT2D eigenvalue weighted by atomic mass is 9.96. The Kier molecular flexibility index (Phi) is 6.22. The minimum Gasteiger partial charge on any atom is -0.507 e. The monoisotopic (exact) mass is 354 g/mol. The van der Waals surface area contributed by atoms with Crippen LogP contribution in [0.5, 0.6) is 5.75 Å². The number of carbonyl (C=O) groups excluding carboxylic acids is 1. The molecule has 0 saturated heterocycles. The maximum Gasteiger partial charge on any atom is 0.162 e. The summed E-state index contributed by atoms with van der Waals surface area (Å²) in [6, 6.07) is 13.0. The number of rotatable bonds is 5. The zero-order valence-electron chi connectivity index (χ0n) is 15.1. The molecule has 0 amide bonds. The SMILES string of the molecule is CCC(=O)C(C=C(C)c1ccc(-c2ccc(Cl)cc2O)cc1)=C(C)C. The number of phenolic OH excluding ortho intramolecular Hbond substituents is 1. The van der Waals surface area contributed by atoms with Crippen molar-refractivity contribution >= 4 is 23.0 Å². The zero-order valence-corrected chi connectivity index (χ0v) is 15.8. The third kappa shape index (κ3) is 4.61. The summed E-state index contributed by atoms with van der Waals surface area (Å²) < 4.78 is 0. The van der Waals surface area contributed by atoms with Crippen molar-refractivity contribution in [2.75, 3.05) is 0 Å². The van der Waals surface area contributed by atoms with E-state index in [0.717, 1.165) is 33.4 Å². The fourth-order valence-electron chi connectivity index (χ4n) is 2.66. The van der Waals surface area contributed by atoms with Gasteiger partial charge in [-0.1, -0.05) is 48.4 Å². The van der Waals surface area contributed by atoms with E-state index in [0.29, 0.717) is 11.4 Å². The van der Waals surface area contributed by atoms with Crippen LogP contribution in [0.1, 0.15) is 39.7 Å². The fraction of sp³-hybridized carbons (Fsp3) is 0.227. The Balaban J connectivity index is 2.34. The van der Waals surface area contributed by atoms with Crippen LogP contribution >= 0.6 is 11.6 Å². The Hall–Kier alpha value is -2.32. The van der Waals surface area contributed by atoms with Gasteiger partial charge in [0.05, 0.1) is 0 Å². The third-order valence-corrected chi connectivity index (χ3v) is 4.37. The summed E-state index contributed by atoms with van der Waals surface area (Å²) in [5, 5.41) is 10.6. The summed E-state index contributed by atoms with van der Waals surface area (Å²) in [5.41, 5.74) is 5.53. The number of aromatic hydroxyl groups is 1. The van der Waals surface area contributed by atoms with E-state index >= 15 is 0 Å². The molecule has 2 rings (SSSR count). The first-order valence-corrected chi connectivity index (χ1v) is 8.69. The van der Waals surface area contributed by atoms with Crippen LogP contribution in [0.15, 0.2) is 59.7 Å². The van der Waals surface area contributed by atoms with Gasteiger partial charge in [0.1, 0.15) is 5.75 Å². The van der Waals surface area contributed by atoms with Crippen molar-refractivity contribution in [3.63, 3.8) is 0 Å². The van der Waals surface area contributed by atoms with E-state index in [9.17, 15) is 9.90 Å². The summed E-state index contributed by atoms with van der Waals surface area (Å²) in [4.78, 5) is 12.1. The van der Waals surface area contributed by atoms with E-state index in [2.05, 4.69) is 0 Å². The Morgan fingerprint density at radius 3 is 2.24 bits per heavy atom. The molecular weight excluding hydrogens is 332 g/mol. The molecule has 25 heavy (non-hydrogen) atoms. The van der Waals surface area contributed by atoms with Crippen LogP contribution in [-0.2, 0) is 4.79 Å². The van der Waals surface area contributed by atoms with Crippen molar-refractivity contribution in [2.45, 2.75) is 34.1 Å². The molecule has 130 valence electrons. The van der Waals surface area contributed by atoms with Crippen LogP contribution in [-0.4, -0.2) is 10.9 Å². The first kappa shape index (κ1) is 19.0. The van der Waals surface area contributed by atoms with Crippen LogP contribution in [0, 0.1) is 0 Å². The molecule has 0 radical (unpaired) electrons. The van der Waals surface area contributed by atoms with Gasteiger partial charge in [0.25, 0.3) is 0 Å². The van der Waals surface area contributed by atoms with Crippen molar-refractivity contribution in [3.05, 3.63) is 70.3 Å². The summed E-state index contributed by atoms with van der Waals surface area (Å²) in [5.74, 6) is 0.315. The van der Waals surface area contributed by atoms with Gasteiger partial charge in [-0.15, -0.1) is 0 Å². The van der Waals surface area contributed by atoms with Gasteiger partial charge >= 0.3 is 0 Å². The van der Waals surface area contributed by atoms with Gasteiger partial charge in [-0.3, -0.25) is 4.79 Å². The second kappa shape index (κ2) is 8.17. The van der Waals surface area contributed by atoms with Crippen LogP contribution in [0.4, 0.5) is 0 Å². The topological polar surface area (TPSA) is 37.3 Å². The number of allylic oxidation sites excluding steroid dienone is 4. The lowest BCUT2D eigenvalue weighted by molar-refractivity contribution is -0.115. The predicted octanol–water partition coefficient (Wildman–Crippen LogP) is 6.43. The molecule has 2 aromatic rings. The Morgan fingerprint density at radius 1 is 1.08 bits per heavy atom. The molecule has 2 aromatic carbocycles. The summed E-state index contributed by atoms with van der Waals surface area (Å²) in [6.07, 6.45) is 2.45. The van der Waals surface area contributed by atoms with E-state index < -0.39 is 0 Å². The molecule has 0 bridgehead atoms. The largest absolute Gasteiger partial charge is 0.507 e. The second-order valence-corrected chi connectivity index (χ2v) is 6.69. The van der Waals surface area contributed by atoms with Gasteiger partial charge in [-0.2, -0.15) is 0 Å². The van der Waals surface area contributed by atoms with E-state index in [1.54, 1.807) is 12.1 Å². The molecule has 0 unspecified atom stereocenters. The fourth-order valence-corrected chi connectivity index (χ4v) is 2.82. The standard InChI is InChI=1S/C22H23ClO2/c1-5-21(24)20(14(2)3)12-15(4)16-6-8-17(9-7-16)19-11-10-18(23)13-22(19)25/h6-13,25H,5H2,1-4H3. The van der Waals surface area contributed by atoms with E-state index in [1.807, 2.05) is 58.0 Å². The molecule has 0 aromatic heterocycles. The first-order chi connectivity index (χ1) is 11.8. The van der Waals surface area contributed by atoms with E-state index in [4.69, 9.17) is 11.6 Å². The molecule has 0 atom stereocenters. The minimum atomic E-state index is 0.155. The van der Waals surface area contributed by atoms with Crippen LogP contribution in [0.3, 0.4) is 0 Å². The highest BCUT2D eigenvalue weighted by molar-refractivity contribution is 6.30. The summed E-state index contributed by atoms with van der Waals surface area (Å²) in [7, 11) is 0. The van der Waals surface area contributed by atoms with Crippen molar-refractivity contribution in [1.29, 1.82) is 0 Å². The van der Waals surface area contributed by atoms with Gasteiger partial charge < -0.3 is 5.11 Å². The van der Waals surface area contributed by atoms with Crippen molar-refractivity contribution in [2.24, 2.45) is 0 Å². The van der Waals surface area contributed by atoms with Crippen LogP contribution in [0.25, 0.3) is 16.7 Å². The van der Waals surface area contributed by atoms with Crippen LogP contribution in [0.2, 0.25) is 5.02 Å². The van der Waals surface area contributed by atoms with Crippen LogP contribution < -0.4 is 0 Å². The zero-order chi connectivity index (χ0) is 18.6. The van der Waals surface area contributed by atoms with Crippen molar-refractivity contribution in [1.82, 2.24) is 0 Å². The molecule has 0 saturated carbocycles. The maximum atomic E-state index is 12.1. The Morgan fingerprint density at radius 2 is 1.72 bits per heavy atom. The van der Waals surface area contributed by atoms with E-state index in [-0.39, 0.29) is 11.5 Å². The number of hydrogen-bond acceptors (Lipinski definition) is 2.